The minimum atomic E-state index is -0.671. The summed E-state index contributed by atoms with van der Waals surface area (Å²) < 4.78 is 1.75. The molecule has 1 aromatic carbocycles. The van der Waals surface area contributed by atoms with Gasteiger partial charge in [-0.15, -0.1) is 0 Å². The summed E-state index contributed by atoms with van der Waals surface area (Å²) in [6, 6.07) is 11.6. The first-order valence-electron chi connectivity index (χ1n) is 9.00. The van der Waals surface area contributed by atoms with Crippen molar-refractivity contribution in [3.8, 4) is 0 Å². The Hall–Kier alpha value is -2.67. The van der Waals surface area contributed by atoms with Crippen LogP contribution in [-0.2, 0) is 21.7 Å². The number of nitrogens with zero attached hydrogens (tertiary/aromatic N) is 2. The summed E-state index contributed by atoms with van der Waals surface area (Å²) in [5, 5.41) is 13.4. The zero-order chi connectivity index (χ0) is 18.2. The smallest absolute Gasteiger partial charge is 0.248 e. The number of hydrogen-bond donors (Lipinski definition) is 3. The summed E-state index contributed by atoms with van der Waals surface area (Å²) in [5.74, 6) is -0.147. The van der Waals surface area contributed by atoms with Crippen LogP contribution in [0.15, 0.2) is 48.8 Å². The quantitative estimate of drug-likeness (QED) is 0.685. The summed E-state index contributed by atoms with van der Waals surface area (Å²) in [5.41, 5.74) is 0.382. The molecule has 0 saturated carbocycles. The van der Waals surface area contributed by atoms with Crippen LogP contribution in [0.2, 0.25) is 0 Å². The van der Waals surface area contributed by atoms with Crippen molar-refractivity contribution >= 4 is 11.8 Å². The number of hydrogen-bond acceptors (Lipinski definition) is 4. The Labute approximate surface area is 153 Å². The Balaban J connectivity index is 1.48. The summed E-state index contributed by atoms with van der Waals surface area (Å²) in [4.78, 5) is 24.8. The first-order valence-corrected chi connectivity index (χ1v) is 9.00. The first-order chi connectivity index (χ1) is 12.7. The van der Waals surface area contributed by atoms with Gasteiger partial charge < -0.3 is 16.0 Å². The molecule has 0 spiro atoms. The SMILES string of the molecule is O=C(CCNC(=O)C1(n2cccn2)CCNCC1)NCc1ccccc1. The lowest BCUT2D eigenvalue weighted by atomic mass is 9.87. The van der Waals surface area contributed by atoms with Crippen molar-refractivity contribution in [1.29, 1.82) is 0 Å². The summed E-state index contributed by atoms with van der Waals surface area (Å²) in [7, 11) is 0. The van der Waals surface area contributed by atoms with Gasteiger partial charge in [0.2, 0.25) is 11.8 Å². The topological polar surface area (TPSA) is 88.0 Å². The molecule has 2 aromatic rings. The van der Waals surface area contributed by atoms with Gasteiger partial charge in [-0.25, -0.2) is 0 Å². The largest absolute Gasteiger partial charge is 0.353 e. The molecular formula is C19H25N5O2. The number of aromatic nitrogens is 2. The molecule has 7 heteroatoms. The summed E-state index contributed by atoms with van der Waals surface area (Å²) >= 11 is 0. The van der Waals surface area contributed by atoms with E-state index in [-0.39, 0.29) is 18.2 Å². The molecule has 0 radical (unpaired) electrons. The van der Waals surface area contributed by atoms with Gasteiger partial charge in [-0.2, -0.15) is 5.10 Å². The lowest BCUT2D eigenvalue weighted by Gasteiger charge is -2.36. The Morgan fingerprint density at radius 2 is 1.88 bits per heavy atom. The Bertz CT molecular complexity index is 709. The van der Waals surface area contributed by atoms with Crippen molar-refractivity contribution < 1.29 is 9.59 Å². The molecular weight excluding hydrogens is 330 g/mol. The summed E-state index contributed by atoms with van der Waals surface area (Å²) in [6.45, 7) is 2.35. The molecule has 1 aromatic heterocycles. The van der Waals surface area contributed by atoms with Crippen LogP contribution in [0.1, 0.15) is 24.8 Å². The zero-order valence-electron chi connectivity index (χ0n) is 14.8. The van der Waals surface area contributed by atoms with E-state index in [1.54, 1.807) is 10.9 Å². The maximum atomic E-state index is 12.8. The second-order valence-corrected chi connectivity index (χ2v) is 6.50. The van der Waals surface area contributed by atoms with Gasteiger partial charge in [0.05, 0.1) is 0 Å². The fraction of sp³-hybridized carbons (Fsp3) is 0.421. The highest BCUT2D eigenvalue weighted by molar-refractivity contribution is 5.85. The average molecular weight is 355 g/mol. The lowest BCUT2D eigenvalue weighted by molar-refractivity contribution is -0.132. The highest BCUT2D eigenvalue weighted by Crippen LogP contribution is 2.27. The Kier molecular flexibility index (Phi) is 6.01. The Morgan fingerprint density at radius 3 is 2.58 bits per heavy atom. The minimum Gasteiger partial charge on any atom is -0.353 e. The van der Waals surface area contributed by atoms with E-state index in [1.807, 2.05) is 42.6 Å². The maximum Gasteiger partial charge on any atom is 0.248 e. The molecule has 2 amide bonds. The first kappa shape index (κ1) is 18.1. The lowest BCUT2D eigenvalue weighted by Crippen LogP contribution is -2.54. The van der Waals surface area contributed by atoms with E-state index in [0.29, 0.717) is 25.9 Å². The number of carbonyl (C=O) groups is 2. The monoisotopic (exact) mass is 355 g/mol. The normalized spacial score (nSPS) is 16.0. The molecule has 1 aliphatic rings. The molecule has 3 N–H and O–H groups in total. The van der Waals surface area contributed by atoms with Gasteiger partial charge in [-0.1, -0.05) is 30.3 Å². The molecule has 0 aliphatic carbocycles. The van der Waals surface area contributed by atoms with Crippen molar-refractivity contribution in [2.24, 2.45) is 0 Å². The van der Waals surface area contributed by atoms with Crippen LogP contribution in [0, 0.1) is 0 Å². The number of benzene rings is 1. The third-order valence-electron chi connectivity index (χ3n) is 4.77. The molecule has 0 atom stereocenters. The summed E-state index contributed by atoms with van der Waals surface area (Å²) in [6.07, 6.45) is 5.14. The van der Waals surface area contributed by atoms with Crippen LogP contribution >= 0.6 is 0 Å². The highest BCUT2D eigenvalue weighted by Gasteiger charge is 2.41. The molecule has 0 bridgehead atoms. The number of nitrogens with one attached hydrogen (secondary N) is 3. The minimum absolute atomic E-state index is 0.0708. The van der Waals surface area contributed by atoms with Crippen molar-refractivity contribution in [2.45, 2.75) is 31.3 Å². The van der Waals surface area contributed by atoms with Crippen LogP contribution in [0.3, 0.4) is 0 Å². The molecule has 1 aliphatic heterocycles. The van der Waals surface area contributed by atoms with Gasteiger partial charge >= 0.3 is 0 Å². The second-order valence-electron chi connectivity index (χ2n) is 6.50. The Morgan fingerprint density at radius 1 is 1.12 bits per heavy atom. The third-order valence-corrected chi connectivity index (χ3v) is 4.77. The highest BCUT2D eigenvalue weighted by atomic mass is 16.2. The third kappa shape index (κ3) is 4.29. The number of amides is 2. The van der Waals surface area contributed by atoms with E-state index in [9.17, 15) is 9.59 Å². The molecule has 26 heavy (non-hydrogen) atoms. The number of carbonyl (C=O) groups excluding carboxylic acids is 2. The molecule has 3 rings (SSSR count). The predicted octanol–water partition coefficient (Wildman–Crippen LogP) is 0.785. The molecule has 2 heterocycles. The van der Waals surface area contributed by atoms with E-state index in [0.717, 1.165) is 18.7 Å². The number of rotatable bonds is 7. The standard InChI is InChI=1S/C19H25N5O2/c25-17(22-15-16-5-2-1-3-6-16)7-11-21-18(26)19(8-12-20-13-9-19)24-14-4-10-23-24/h1-6,10,14,20H,7-9,11-13,15H2,(H,21,26)(H,22,25). The van der Waals surface area contributed by atoms with Crippen LogP contribution in [0.5, 0.6) is 0 Å². The second kappa shape index (κ2) is 8.62. The molecule has 1 fully saturated rings. The van der Waals surface area contributed by atoms with Gasteiger partial charge in [-0.3, -0.25) is 14.3 Å². The predicted molar refractivity (Wildman–Crippen MR) is 98.2 cm³/mol. The van der Waals surface area contributed by atoms with Crippen molar-refractivity contribution in [2.75, 3.05) is 19.6 Å². The van der Waals surface area contributed by atoms with E-state index < -0.39 is 5.54 Å². The van der Waals surface area contributed by atoms with Crippen molar-refractivity contribution in [3.63, 3.8) is 0 Å². The van der Waals surface area contributed by atoms with Crippen LogP contribution in [0.25, 0.3) is 0 Å². The molecule has 138 valence electrons. The van der Waals surface area contributed by atoms with Gasteiger partial charge in [0.1, 0.15) is 5.54 Å². The molecule has 0 unspecified atom stereocenters. The maximum absolute atomic E-state index is 12.8. The van der Waals surface area contributed by atoms with Crippen molar-refractivity contribution in [1.82, 2.24) is 25.7 Å². The number of piperidine rings is 1. The van der Waals surface area contributed by atoms with E-state index >= 15 is 0 Å². The van der Waals surface area contributed by atoms with Crippen LogP contribution in [0.4, 0.5) is 0 Å². The van der Waals surface area contributed by atoms with Gasteiger partial charge in [0, 0.05) is 31.9 Å². The average Bonchev–Trinajstić information content (AvgIpc) is 3.23. The van der Waals surface area contributed by atoms with Gasteiger partial charge in [0.15, 0.2) is 0 Å². The molecule has 7 nitrogen and oxygen atoms in total. The van der Waals surface area contributed by atoms with E-state index in [2.05, 4.69) is 21.0 Å². The van der Waals surface area contributed by atoms with Gasteiger partial charge in [0.25, 0.3) is 0 Å². The van der Waals surface area contributed by atoms with Gasteiger partial charge in [-0.05, 0) is 37.6 Å². The van der Waals surface area contributed by atoms with Crippen molar-refractivity contribution in [3.05, 3.63) is 54.4 Å². The van der Waals surface area contributed by atoms with E-state index in [1.165, 1.54) is 0 Å². The fourth-order valence-electron chi connectivity index (χ4n) is 3.26. The van der Waals surface area contributed by atoms with Crippen LogP contribution in [-0.4, -0.2) is 41.2 Å². The zero-order valence-corrected chi connectivity index (χ0v) is 14.8. The van der Waals surface area contributed by atoms with Crippen LogP contribution < -0.4 is 16.0 Å². The molecule has 1 saturated heterocycles. The fourth-order valence-corrected chi connectivity index (χ4v) is 3.26. The van der Waals surface area contributed by atoms with E-state index in [4.69, 9.17) is 0 Å².